The van der Waals surface area contributed by atoms with E-state index in [-0.39, 0.29) is 22.7 Å². The summed E-state index contributed by atoms with van der Waals surface area (Å²) >= 11 is 0. The van der Waals surface area contributed by atoms with Crippen molar-refractivity contribution >= 4 is 5.78 Å². The maximum atomic E-state index is 12.3. The van der Waals surface area contributed by atoms with Crippen molar-refractivity contribution < 1.29 is 9.90 Å². The largest absolute Gasteiger partial charge is 0.507 e. The van der Waals surface area contributed by atoms with Gasteiger partial charge in [-0.05, 0) is 25.5 Å². The van der Waals surface area contributed by atoms with Gasteiger partial charge in [-0.1, -0.05) is 31.5 Å². The van der Waals surface area contributed by atoms with E-state index < -0.39 is 0 Å². The van der Waals surface area contributed by atoms with Gasteiger partial charge in [-0.3, -0.25) is 14.2 Å². The average Bonchev–Trinajstić information content (AvgIpc) is 2.45. The molecule has 0 aliphatic carbocycles. The van der Waals surface area contributed by atoms with Gasteiger partial charge >= 0.3 is 0 Å². The number of aromatic nitrogens is 1. The minimum Gasteiger partial charge on any atom is -0.507 e. The van der Waals surface area contributed by atoms with E-state index in [1.54, 1.807) is 19.1 Å². The van der Waals surface area contributed by atoms with Crippen LogP contribution in [0.1, 0.15) is 42.2 Å². The minimum absolute atomic E-state index is 0.128. The van der Waals surface area contributed by atoms with Gasteiger partial charge in [0.25, 0.3) is 5.56 Å². The van der Waals surface area contributed by atoms with E-state index in [1.807, 2.05) is 25.1 Å². The van der Waals surface area contributed by atoms with Gasteiger partial charge < -0.3 is 5.11 Å². The van der Waals surface area contributed by atoms with Gasteiger partial charge in [0.2, 0.25) is 0 Å². The zero-order valence-electron chi connectivity index (χ0n) is 12.3. The molecular formula is C17H19NO3. The molecule has 0 amide bonds. The summed E-state index contributed by atoms with van der Waals surface area (Å²) in [4.78, 5) is 24.4. The molecule has 110 valence electrons. The van der Waals surface area contributed by atoms with Gasteiger partial charge in [-0.15, -0.1) is 0 Å². The van der Waals surface area contributed by atoms with Gasteiger partial charge in [0.1, 0.15) is 5.75 Å². The molecule has 0 bridgehead atoms. The Morgan fingerprint density at radius 3 is 2.52 bits per heavy atom. The van der Waals surface area contributed by atoms with E-state index in [0.717, 1.165) is 18.9 Å². The fourth-order valence-corrected chi connectivity index (χ4v) is 2.42. The van der Waals surface area contributed by atoms with Crippen LogP contribution < -0.4 is 5.56 Å². The Balaban J connectivity index is 2.59. The highest BCUT2D eigenvalue weighted by Crippen LogP contribution is 2.23. The third-order valence-corrected chi connectivity index (χ3v) is 3.48. The molecule has 0 aliphatic heterocycles. The minimum atomic E-state index is -0.344. The lowest BCUT2D eigenvalue weighted by Crippen LogP contribution is -2.22. The molecule has 2 rings (SSSR count). The summed E-state index contributed by atoms with van der Waals surface area (Å²) in [5, 5.41) is 9.98. The van der Waals surface area contributed by atoms with Gasteiger partial charge in [0.15, 0.2) is 5.78 Å². The molecule has 1 aromatic heterocycles. The number of nitrogens with zero attached hydrogens (tertiary/aromatic N) is 1. The van der Waals surface area contributed by atoms with Crippen LogP contribution in [0.25, 0.3) is 5.69 Å². The number of pyridine rings is 1. The Kier molecular flexibility index (Phi) is 4.58. The predicted octanol–water partition coefficient (Wildman–Crippen LogP) is 3.22. The van der Waals surface area contributed by atoms with Crippen LogP contribution in [0.3, 0.4) is 0 Å². The number of ketones is 1. The molecule has 0 spiro atoms. The first kappa shape index (κ1) is 15.0. The van der Waals surface area contributed by atoms with Crippen LogP contribution in [-0.4, -0.2) is 15.5 Å². The second-order valence-corrected chi connectivity index (χ2v) is 5.03. The molecule has 1 heterocycles. The Morgan fingerprint density at radius 2 is 1.90 bits per heavy atom. The van der Waals surface area contributed by atoms with E-state index in [4.69, 9.17) is 0 Å². The van der Waals surface area contributed by atoms with E-state index >= 15 is 0 Å². The number of hydrogen-bond donors (Lipinski definition) is 1. The quantitative estimate of drug-likeness (QED) is 0.858. The molecule has 0 unspecified atom stereocenters. The third-order valence-electron chi connectivity index (χ3n) is 3.48. The fourth-order valence-electron chi connectivity index (χ4n) is 2.42. The third kappa shape index (κ3) is 3.05. The molecule has 4 nitrogen and oxygen atoms in total. The number of Topliss-reactive ketones (excluding diaryl/α,β-unsaturated/α-hetero) is 1. The normalized spacial score (nSPS) is 10.6. The Labute approximate surface area is 123 Å². The molecule has 0 atom stereocenters. The molecule has 0 aliphatic rings. The fraction of sp³-hybridized carbons (Fsp3) is 0.294. The van der Waals surface area contributed by atoms with Gasteiger partial charge in [-0.25, -0.2) is 0 Å². The second-order valence-electron chi connectivity index (χ2n) is 5.03. The SMILES string of the molecule is CCCCC(=O)c1c(O)cc(=O)n(-c2ccccc2)c1C. The van der Waals surface area contributed by atoms with Gasteiger partial charge in [0.05, 0.1) is 5.56 Å². The summed E-state index contributed by atoms with van der Waals surface area (Å²) in [6.07, 6.45) is 2.05. The van der Waals surface area contributed by atoms with Crippen LogP contribution in [0.4, 0.5) is 0 Å². The summed E-state index contributed by atoms with van der Waals surface area (Å²) < 4.78 is 1.46. The number of aromatic hydroxyl groups is 1. The van der Waals surface area contributed by atoms with Crippen LogP contribution >= 0.6 is 0 Å². The van der Waals surface area contributed by atoms with Crippen molar-refractivity contribution in [2.75, 3.05) is 0 Å². The molecule has 21 heavy (non-hydrogen) atoms. The lowest BCUT2D eigenvalue weighted by atomic mass is 10.0. The number of carbonyl (C=O) groups is 1. The average molecular weight is 285 g/mol. The highest BCUT2D eigenvalue weighted by Gasteiger charge is 2.18. The topological polar surface area (TPSA) is 59.3 Å². The maximum Gasteiger partial charge on any atom is 0.259 e. The number of unbranched alkanes of at least 4 members (excludes halogenated alkanes) is 1. The molecule has 0 saturated heterocycles. The lowest BCUT2D eigenvalue weighted by Gasteiger charge is -2.14. The molecule has 0 saturated carbocycles. The summed E-state index contributed by atoms with van der Waals surface area (Å²) in [5.74, 6) is -0.359. The molecule has 1 N–H and O–H groups in total. The van der Waals surface area contributed by atoms with Crippen molar-refractivity contribution in [3.05, 3.63) is 58.0 Å². The Morgan fingerprint density at radius 1 is 1.24 bits per heavy atom. The zero-order valence-corrected chi connectivity index (χ0v) is 12.3. The van der Waals surface area contributed by atoms with Crippen molar-refractivity contribution in [1.82, 2.24) is 4.57 Å². The zero-order chi connectivity index (χ0) is 15.4. The highest BCUT2D eigenvalue weighted by molar-refractivity contribution is 5.99. The first-order valence-corrected chi connectivity index (χ1v) is 7.10. The van der Waals surface area contributed by atoms with Crippen LogP contribution in [0.5, 0.6) is 5.75 Å². The Bertz CT molecular complexity index is 702. The van der Waals surface area contributed by atoms with E-state index in [1.165, 1.54) is 4.57 Å². The molecule has 1 aromatic carbocycles. The summed E-state index contributed by atoms with van der Waals surface area (Å²) in [6, 6.07) is 10.2. The molecule has 0 radical (unpaired) electrons. The van der Waals surface area contributed by atoms with Crippen LogP contribution in [0.2, 0.25) is 0 Å². The molecule has 4 heteroatoms. The van der Waals surface area contributed by atoms with Crippen LogP contribution in [0.15, 0.2) is 41.2 Å². The highest BCUT2D eigenvalue weighted by atomic mass is 16.3. The number of rotatable bonds is 5. The monoisotopic (exact) mass is 285 g/mol. The van der Waals surface area contributed by atoms with E-state index in [0.29, 0.717) is 17.8 Å². The van der Waals surface area contributed by atoms with Crippen molar-refractivity contribution in [3.63, 3.8) is 0 Å². The lowest BCUT2D eigenvalue weighted by molar-refractivity contribution is 0.0975. The number of para-hydroxylation sites is 1. The summed E-state index contributed by atoms with van der Waals surface area (Å²) in [5.41, 5.74) is 1.06. The Hall–Kier alpha value is -2.36. The summed E-state index contributed by atoms with van der Waals surface area (Å²) in [6.45, 7) is 3.69. The van der Waals surface area contributed by atoms with Crippen molar-refractivity contribution in [1.29, 1.82) is 0 Å². The number of hydrogen-bond acceptors (Lipinski definition) is 3. The number of carbonyl (C=O) groups excluding carboxylic acids is 1. The number of benzene rings is 1. The smallest absolute Gasteiger partial charge is 0.259 e. The standard InChI is InChI=1S/C17H19NO3/c1-3-4-10-14(19)17-12(2)18(16(21)11-15(17)20)13-8-6-5-7-9-13/h5-9,11,20H,3-4,10H2,1-2H3. The van der Waals surface area contributed by atoms with Gasteiger partial charge in [-0.2, -0.15) is 0 Å². The van der Waals surface area contributed by atoms with Crippen LogP contribution in [-0.2, 0) is 0 Å². The summed E-state index contributed by atoms with van der Waals surface area (Å²) in [7, 11) is 0. The first-order valence-electron chi connectivity index (χ1n) is 7.10. The molecule has 2 aromatic rings. The van der Waals surface area contributed by atoms with Gasteiger partial charge in [0, 0.05) is 23.9 Å². The van der Waals surface area contributed by atoms with E-state index in [2.05, 4.69) is 0 Å². The predicted molar refractivity (Wildman–Crippen MR) is 82.3 cm³/mol. The van der Waals surface area contributed by atoms with Crippen LogP contribution in [0, 0.1) is 6.92 Å². The van der Waals surface area contributed by atoms with E-state index in [9.17, 15) is 14.7 Å². The maximum absolute atomic E-state index is 12.3. The van der Waals surface area contributed by atoms with Crippen molar-refractivity contribution in [2.45, 2.75) is 33.1 Å². The van der Waals surface area contributed by atoms with Crippen molar-refractivity contribution in [2.24, 2.45) is 0 Å². The molecule has 0 fully saturated rings. The first-order chi connectivity index (χ1) is 10.1. The second kappa shape index (κ2) is 6.39. The molecular weight excluding hydrogens is 266 g/mol. The van der Waals surface area contributed by atoms with Crippen molar-refractivity contribution in [3.8, 4) is 11.4 Å².